The van der Waals surface area contributed by atoms with Crippen molar-refractivity contribution in [3.63, 3.8) is 0 Å². The van der Waals surface area contributed by atoms with Crippen molar-refractivity contribution in [1.82, 2.24) is 5.32 Å². The maximum absolute atomic E-state index is 5.25. The molecule has 1 aliphatic heterocycles. The third-order valence-corrected chi connectivity index (χ3v) is 0.771. The van der Waals surface area contributed by atoms with Gasteiger partial charge in [-0.1, -0.05) is 0 Å². The van der Waals surface area contributed by atoms with E-state index in [9.17, 15) is 0 Å². The molecule has 0 aliphatic carbocycles. The Hall–Kier alpha value is -0.730. The van der Waals surface area contributed by atoms with Gasteiger partial charge >= 0.3 is 0 Å². The van der Waals surface area contributed by atoms with Crippen LogP contribution < -0.4 is 11.2 Å². The van der Waals surface area contributed by atoms with Crippen LogP contribution in [0.25, 0.3) is 0 Å². The van der Waals surface area contributed by atoms with Gasteiger partial charge in [0, 0.05) is 0 Å². The average molecular weight is 86.1 g/mol. The largest absolute Gasteiger partial charge is 0.275 e. The first-order valence-corrected chi connectivity index (χ1v) is 1.97. The Kier molecular flexibility index (Phi) is 0.670. The minimum atomic E-state index is 0.931. The van der Waals surface area contributed by atoms with E-state index >= 15 is 0 Å². The molecule has 0 unspecified atom stereocenters. The number of hydrazine groups is 1. The number of nitrogens with zero attached hydrogens (tertiary/aromatic N) is 1. The van der Waals surface area contributed by atoms with Gasteiger partial charge in [-0.05, 0) is 0 Å². The van der Waals surface area contributed by atoms with Crippen molar-refractivity contribution < 1.29 is 4.68 Å². The van der Waals surface area contributed by atoms with Crippen molar-refractivity contribution in [2.45, 2.75) is 0 Å². The number of nitrogens with two attached hydrogens (primary N) is 1. The molecule has 1 aliphatic rings. The Morgan fingerprint density at radius 3 is 2.83 bits per heavy atom. The lowest BCUT2D eigenvalue weighted by Crippen LogP contribution is -2.17. The highest BCUT2D eigenvalue weighted by Crippen LogP contribution is 1.64. The van der Waals surface area contributed by atoms with Gasteiger partial charge in [0.05, 0.1) is 0 Å². The third kappa shape index (κ3) is 0.429. The summed E-state index contributed by atoms with van der Waals surface area (Å²) >= 11 is 0. The molecule has 34 valence electrons. The van der Waals surface area contributed by atoms with Gasteiger partial charge in [-0.25, -0.2) is 0 Å². The predicted octanol–water partition coefficient (Wildman–Crippen LogP) is -1.50. The maximum Gasteiger partial charge on any atom is 0.255 e. The highest BCUT2D eigenvalue weighted by molar-refractivity contribution is 5.48. The van der Waals surface area contributed by atoms with Crippen LogP contribution in [-0.2, 0) is 0 Å². The first-order chi connectivity index (χ1) is 2.89. The number of hydrogen-bond donors (Lipinski definition) is 2. The SMILES string of the molecule is N[N+]1=CNCC1. The van der Waals surface area contributed by atoms with E-state index in [0.717, 1.165) is 13.1 Å². The van der Waals surface area contributed by atoms with Crippen LogP contribution in [0.4, 0.5) is 0 Å². The van der Waals surface area contributed by atoms with Crippen LogP contribution in [0, 0.1) is 0 Å². The molecule has 0 radical (unpaired) electrons. The van der Waals surface area contributed by atoms with Crippen molar-refractivity contribution in [3.8, 4) is 0 Å². The fraction of sp³-hybridized carbons (Fsp3) is 0.667. The van der Waals surface area contributed by atoms with Gasteiger partial charge in [0.1, 0.15) is 13.1 Å². The van der Waals surface area contributed by atoms with Gasteiger partial charge in [-0.15, -0.1) is 0 Å². The molecular weight excluding hydrogens is 78.1 g/mol. The Morgan fingerprint density at radius 1 is 1.83 bits per heavy atom. The number of hydrazone groups is 1. The Labute approximate surface area is 36.4 Å². The van der Waals surface area contributed by atoms with E-state index in [1.54, 1.807) is 11.0 Å². The molecular formula is C3H8N3+. The second-order valence-electron chi connectivity index (χ2n) is 1.32. The molecule has 3 heteroatoms. The Balaban J connectivity index is 2.45. The quantitative estimate of drug-likeness (QED) is 0.278. The van der Waals surface area contributed by atoms with E-state index < -0.39 is 0 Å². The first-order valence-electron chi connectivity index (χ1n) is 1.97. The summed E-state index contributed by atoms with van der Waals surface area (Å²) in [5.74, 6) is 5.25. The van der Waals surface area contributed by atoms with Crippen molar-refractivity contribution in [1.29, 1.82) is 0 Å². The van der Waals surface area contributed by atoms with Crippen LogP contribution in [0.15, 0.2) is 0 Å². The minimum absolute atomic E-state index is 0.931. The highest BCUT2D eigenvalue weighted by Gasteiger charge is 2.00. The maximum atomic E-state index is 5.25. The summed E-state index contributed by atoms with van der Waals surface area (Å²) < 4.78 is 1.62. The van der Waals surface area contributed by atoms with Gasteiger partial charge < -0.3 is 0 Å². The molecule has 0 saturated carbocycles. The minimum Gasteiger partial charge on any atom is -0.275 e. The van der Waals surface area contributed by atoms with Crippen LogP contribution in [0.5, 0.6) is 0 Å². The van der Waals surface area contributed by atoms with E-state index in [1.165, 1.54) is 0 Å². The summed E-state index contributed by atoms with van der Waals surface area (Å²) in [6.07, 6.45) is 1.76. The molecule has 0 saturated heterocycles. The van der Waals surface area contributed by atoms with Gasteiger partial charge in [0.15, 0.2) is 0 Å². The van der Waals surface area contributed by atoms with Crippen molar-refractivity contribution >= 4 is 6.34 Å². The van der Waals surface area contributed by atoms with Gasteiger partial charge in [-0.3, -0.25) is 11.2 Å². The van der Waals surface area contributed by atoms with Gasteiger partial charge in [0.2, 0.25) is 0 Å². The second-order valence-corrected chi connectivity index (χ2v) is 1.32. The molecule has 3 N–H and O–H groups in total. The number of rotatable bonds is 0. The van der Waals surface area contributed by atoms with Crippen molar-refractivity contribution in [2.75, 3.05) is 13.1 Å². The van der Waals surface area contributed by atoms with Gasteiger partial charge in [-0.2, -0.15) is 4.68 Å². The van der Waals surface area contributed by atoms with E-state index in [4.69, 9.17) is 5.84 Å². The van der Waals surface area contributed by atoms with Crippen LogP contribution in [0.2, 0.25) is 0 Å². The zero-order valence-corrected chi connectivity index (χ0v) is 3.52. The molecule has 1 rings (SSSR count). The molecule has 0 fully saturated rings. The summed E-state index contributed by atoms with van der Waals surface area (Å²) in [5, 5.41) is 2.95. The predicted molar refractivity (Wildman–Crippen MR) is 23.4 cm³/mol. The average Bonchev–Trinajstić information content (AvgIpc) is 1.86. The van der Waals surface area contributed by atoms with Crippen LogP contribution in [0.1, 0.15) is 0 Å². The number of hydrogen-bond acceptors (Lipinski definition) is 2. The molecule has 0 amide bonds. The summed E-state index contributed by atoms with van der Waals surface area (Å²) in [5.41, 5.74) is 0. The van der Waals surface area contributed by atoms with E-state index in [0.29, 0.717) is 0 Å². The molecule has 1 heterocycles. The summed E-state index contributed by atoms with van der Waals surface area (Å²) in [6.45, 7) is 1.91. The zero-order valence-electron chi connectivity index (χ0n) is 3.52. The summed E-state index contributed by atoms with van der Waals surface area (Å²) in [6, 6.07) is 0. The zero-order chi connectivity index (χ0) is 4.41. The Morgan fingerprint density at radius 2 is 2.67 bits per heavy atom. The number of nitrogens with one attached hydrogen (secondary N) is 1. The molecule has 0 aromatic carbocycles. The van der Waals surface area contributed by atoms with E-state index in [-0.39, 0.29) is 0 Å². The van der Waals surface area contributed by atoms with E-state index in [1.807, 2.05) is 0 Å². The molecule has 6 heavy (non-hydrogen) atoms. The standard InChI is InChI=1S/C3H7N3/c4-6-2-1-5-3-6/h3H,1-2,4H2/p+1. The molecule has 0 aromatic rings. The summed E-state index contributed by atoms with van der Waals surface area (Å²) in [7, 11) is 0. The van der Waals surface area contributed by atoms with Gasteiger partial charge in [0.25, 0.3) is 6.34 Å². The molecule has 0 aromatic heterocycles. The monoisotopic (exact) mass is 86.1 g/mol. The highest BCUT2D eigenvalue weighted by atomic mass is 15.4. The van der Waals surface area contributed by atoms with E-state index in [2.05, 4.69) is 5.32 Å². The van der Waals surface area contributed by atoms with Crippen LogP contribution in [-0.4, -0.2) is 24.1 Å². The fourth-order valence-electron chi connectivity index (χ4n) is 0.440. The molecule has 3 nitrogen and oxygen atoms in total. The third-order valence-electron chi connectivity index (χ3n) is 0.771. The molecule has 0 spiro atoms. The Bertz CT molecular complexity index is 76.1. The molecule has 0 atom stereocenters. The van der Waals surface area contributed by atoms with Crippen LogP contribution >= 0.6 is 0 Å². The smallest absolute Gasteiger partial charge is 0.255 e. The topological polar surface area (TPSA) is 41.1 Å². The lowest BCUT2D eigenvalue weighted by Gasteiger charge is -1.79. The van der Waals surface area contributed by atoms with Crippen molar-refractivity contribution in [3.05, 3.63) is 0 Å². The second kappa shape index (κ2) is 1.16. The lowest BCUT2D eigenvalue weighted by atomic mass is 10.7. The first kappa shape index (κ1) is 3.46. The van der Waals surface area contributed by atoms with Crippen LogP contribution in [0.3, 0.4) is 0 Å². The van der Waals surface area contributed by atoms with Crippen molar-refractivity contribution in [2.24, 2.45) is 5.84 Å². The lowest BCUT2D eigenvalue weighted by molar-refractivity contribution is -0.525. The fourth-order valence-corrected chi connectivity index (χ4v) is 0.440. The molecule has 0 bridgehead atoms. The normalized spacial score (nSPS) is 19.7. The summed E-state index contributed by atoms with van der Waals surface area (Å²) in [4.78, 5) is 0.